The molecule has 0 aliphatic carbocycles. The molecule has 3 rings (SSSR count). The Hall–Kier alpha value is -1.90. The van der Waals surface area contributed by atoms with E-state index >= 15 is 0 Å². The molecule has 0 aliphatic rings. The van der Waals surface area contributed by atoms with Crippen LogP contribution in [-0.4, -0.2) is 14.4 Å². The number of hydrogen-bond donors (Lipinski definition) is 0. The maximum absolute atomic E-state index is 4.19. The van der Waals surface area contributed by atoms with E-state index in [0.29, 0.717) is 0 Å². The maximum Gasteiger partial charge on any atom is 0.116 e. The zero-order valence-electron chi connectivity index (χ0n) is 6.88. The Labute approximate surface area is 74.7 Å². The molecule has 0 N–H and O–H groups in total. The predicted molar refractivity (Wildman–Crippen MR) is 50.5 cm³/mol. The molecule has 3 heteroatoms. The highest BCUT2D eigenvalue weighted by atomic mass is 14.9. The third-order valence-corrected chi connectivity index (χ3v) is 2.17. The fourth-order valence-corrected chi connectivity index (χ4v) is 1.57. The summed E-state index contributed by atoms with van der Waals surface area (Å²) in [5, 5.41) is 1.10. The number of hydrogen-bond acceptors (Lipinski definition) is 2. The molecule has 0 amide bonds. The molecule has 0 atom stereocenters. The molecule has 0 aromatic carbocycles. The summed E-state index contributed by atoms with van der Waals surface area (Å²) in [6.45, 7) is 0. The maximum atomic E-state index is 4.19. The molecule has 3 aromatic heterocycles. The van der Waals surface area contributed by atoms with E-state index in [0.717, 1.165) is 16.4 Å². The van der Waals surface area contributed by atoms with Crippen LogP contribution in [0.1, 0.15) is 0 Å². The average molecular weight is 169 g/mol. The third kappa shape index (κ3) is 0.839. The minimum Gasteiger partial charge on any atom is -0.321 e. The average Bonchev–Trinajstić information content (AvgIpc) is 2.56. The summed E-state index contributed by atoms with van der Waals surface area (Å²) >= 11 is 0. The molecule has 0 saturated carbocycles. The largest absolute Gasteiger partial charge is 0.321 e. The van der Waals surface area contributed by atoms with Gasteiger partial charge in [-0.3, -0.25) is 0 Å². The highest BCUT2D eigenvalue weighted by Gasteiger charge is 2.01. The van der Waals surface area contributed by atoms with Crippen molar-refractivity contribution in [3.05, 3.63) is 43.1 Å². The van der Waals surface area contributed by atoms with Crippen molar-refractivity contribution >= 4 is 16.4 Å². The van der Waals surface area contributed by atoms with Gasteiger partial charge in [0.25, 0.3) is 0 Å². The van der Waals surface area contributed by atoms with Gasteiger partial charge in [0.05, 0.1) is 11.0 Å². The summed E-state index contributed by atoms with van der Waals surface area (Å²) in [5.74, 6) is 0. The van der Waals surface area contributed by atoms with Crippen molar-refractivity contribution in [1.29, 1.82) is 0 Å². The smallest absolute Gasteiger partial charge is 0.116 e. The molecule has 13 heavy (non-hydrogen) atoms. The number of nitrogens with zero attached hydrogens (tertiary/aromatic N) is 3. The lowest BCUT2D eigenvalue weighted by Crippen LogP contribution is -1.77. The summed E-state index contributed by atoms with van der Waals surface area (Å²) in [6.07, 6.45) is 7.43. The zero-order valence-corrected chi connectivity index (χ0v) is 6.88. The third-order valence-electron chi connectivity index (χ3n) is 2.17. The van der Waals surface area contributed by atoms with Gasteiger partial charge in [0, 0.05) is 24.0 Å². The molecule has 0 unspecified atom stereocenters. The Morgan fingerprint density at radius 3 is 3.23 bits per heavy atom. The van der Waals surface area contributed by atoms with Crippen molar-refractivity contribution in [3.8, 4) is 0 Å². The Balaban J connectivity index is 2.64. The van der Waals surface area contributed by atoms with E-state index in [2.05, 4.69) is 20.4 Å². The van der Waals surface area contributed by atoms with Crippen LogP contribution in [0.4, 0.5) is 0 Å². The Morgan fingerprint density at radius 1 is 1.23 bits per heavy atom. The van der Waals surface area contributed by atoms with Crippen LogP contribution in [0, 0.1) is 0 Å². The second-order valence-corrected chi connectivity index (χ2v) is 2.94. The molecule has 62 valence electrons. The van der Waals surface area contributed by atoms with Gasteiger partial charge in [-0.05, 0) is 12.1 Å². The molecule has 0 saturated heterocycles. The van der Waals surface area contributed by atoms with Gasteiger partial charge < -0.3 is 4.40 Å². The van der Waals surface area contributed by atoms with Gasteiger partial charge >= 0.3 is 0 Å². The standard InChI is InChI=1S/C10H7N3/c1-2-4-13-6-9-8(10(13)3-1)5-11-7-12-9/h1-7H. The van der Waals surface area contributed by atoms with Gasteiger partial charge in [0.2, 0.25) is 0 Å². The van der Waals surface area contributed by atoms with Crippen molar-refractivity contribution in [2.24, 2.45) is 0 Å². The van der Waals surface area contributed by atoms with Crippen LogP contribution in [0.15, 0.2) is 43.1 Å². The van der Waals surface area contributed by atoms with Crippen molar-refractivity contribution in [2.75, 3.05) is 0 Å². The van der Waals surface area contributed by atoms with Gasteiger partial charge in [-0.1, -0.05) is 6.07 Å². The van der Waals surface area contributed by atoms with Crippen LogP contribution in [-0.2, 0) is 0 Å². The Bertz CT molecular complexity index is 518. The lowest BCUT2D eigenvalue weighted by molar-refractivity contribution is 1.19. The van der Waals surface area contributed by atoms with E-state index in [1.54, 1.807) is 6.33 Å². The molecule has 3 nitrogen and oxygen atoms in total. The second-order valence-electron chi connectivity index (χ2n) is 2.94. The fourth-order valence-electron chi connectivity index (χ4n) is 1.57. The van der Waals surface area contributed by atoms with Gasteiger partial charge in [-0.2, -0.15) is 0 Å². The van der Waals surface area contributed by atoms with E-state index in [9.17, 15) is 0 Å². The highest BCUT2D eigenvalue weighted by molar-refractivity contribution is 5.93. The van der Waals surface area contributed by atoms with Crippen LogP contribution in [0.3, 0.4) is 0 Å². The van der Waals surface area contributed by atoms with E-state index in [-0.39, 0.29) is 0 Å². The van der Waals surface area contributed by atoms with Crippen LogP contribution in [0.2, 0.25) is 0 Å². The van der Waals surface area contributed by atoms with Crippen molar-refractivity contribution in [2.45, 2.75) is 0 Å². The SMILES string of the molecule is c1ccn2cc3ncncc3c2c1. The van der Waals surface area contributed by atoms with E-state index in [4.69, 9.17) is 0 Å². The first-order valence-corrected chi connectivity index (χ1v) is 4.10. The summed E-state index contributed by atoms with van der Waals surface area (Å²) in [5.41, 5.74) is 2.14. The molecule has 3 heterocycles. The number of fused-ring (bicyclic) bond motifs is 3. The molecule has 0 aliphatic heterocycles. The van der Waals surface area contributed by atoms with Crippen molar-refractivity contribution < 1.29 is 0 Å². The number of aromatic nitrogens is 3. The van der Waals surface area contributed by atoms with Crippen LogP contribution >= 0.6 is 0 Å². The monoisotopic (exact) mass is 169 g/mol. The van der Waals surface area contributed by atoms with Crippen LogP contribution < -0.4 is 0 Å². The number of rotatable bonds is 0. The van der Waals surface area contributed by atoms with E-state index < -0.39 is 0 Å². The normalized spacial score (nSPS) is 11.1. The summed E-state index contributed by atoms with van der Waals surface area (Å²) in [7, 11) is 0. The predicted octanol–water partition coefficient (Wildman–Crippen LogP) is 1.88. The first-order valence-electron chi connectivity index (χ1n) is 4.10. The van der Waals surface area contributed by atoms with Gasteiger partial charge in [0.1, 0.15) is 6.33 Å². The van der Waals surface area contributed by atoms with Crippen LogP contribution in [0.25, 0.3) is 16.4 Å². The molecule has 0 bridgehead atoms. The lowest BCUT2D eigenvalue weighted by atomic mass is 10.3. The number of pyridine rings is 1. The first kappa shape index (κ1) is 6.60. The Morgan fingerprint density at radius 2 is 2.23 bits per heavy atom. The summed E-state index contributed by atoms with van der Waals surface area (Å²) in [4.78, 5) is 8.20. The second kappa shape index (κ2) is 2.29. The Kier molecular flexibility index (Phi) is 1.16. The first-order chi connectivity index (χ1) is 6.45. The molecule has 0 spiro atoms. The zero-order chi connectivity index (χ0) is 8.67. The molecular formula is C10H7N3. The van der Waals surface area contributed by atoms with Crippen molar-refractivity contribution in [1.82, 2.24) is 14.4 Å². The molecule has 0 fully saturated rings. The molecular weight excluding hydrogens is 162 g/mol. The molecule has 0 radical (unpaired) electrons. The quantitative estimate of drug-likeness (QED) is 0.514. The minimum absolute atomic E-state index is 0.987. The van der Waals surface area contributed by atoms with Crippen molar-refractivity contribution in [3.63, 3.8) is 0 Å². The van der Waals surface area contributed by atoms with Crippen LogP contribution in [0.5, 0.6) is 0 Å². The van der Waals surface area contributed by atoms with E-state index in [1.807, 2.05) is 30.7 Å². The fraction of sp³-hybridized carbons (Fsp3) is 0. The topological polar surface area (TPSA) is 30.2 Å². The summed E-state index contributed by atoms with van der Waals surface area (Å²) in [6, 6.07) is 6.08. The summed E-state index contributed by atoms with van der Waals surface area (Å²) < 4.78 is 2.05. The van der Waals surface area contributed by atoms with Gasteiger partial charge in [-0.25, -0.2) is 9.97 Å². The highest BCUT2D eigenvalue weighted by Crippen LogP contribution is 2.17. The van der Waals surface area contributed by atoms with Gasteiger partial charge in [0.15, 0.2) is 0 Å². The lowest BCUT2D eigenvalue weighted by Gasteiger charge is -1.90. The van der Waals surface area contributed by atoms with E-state index in [1.165, 1.54) is 0 Å². The molecule has 3 aromatic rings. The minimum atomic E-state index is 0.987. The van der Waals surface area contributed by atoms with Gasteiger partial charge in [-0.15, -0.1) is 0 Å².